The van der Waals surface area contributed by atoms with E-state index in [1.807, 2.05) is 12.3 Å². The van der Waals surface area contributed by atoms with Gasteiger partial charge in [-0.25, -0.2) is 18.7 Å². The maximum absolute atomic E-state index is 12.8. The molecule has 0 atom stereocenters. The van der Waals surface area contributed by atoms with Gasteiger partial charge in [-0.15, -0.1) is 11.8 Å². The summed E-state index contributed by atoms with van der Waals surface area (Å²) in [6.45, 7) is 0. The maximum atomic E-state index is 12.8. The van der Waals surface area contributed by atoms with E-state index in [1.54, 1.807) is 18.2 Å². The Morgan fingerprint density at radius 3 is 2.62 bits per heavy atom. The molecule has 0 aliphatic rings. The number of hydrogen-bond acceptors (Lipinski definition) is 8. The Morgan fingerprint density at radius 1 is 1.19 bits per heavy atom. The highest BCUT2D eigenvalue weighted by Crippen LogP contribution is 2.16. The highest BCUT2D eigenvalue weighted by Gasteiger charge is 2.21. The van der Waals surface area contributed by atoms with Crippen LogP contribution in [-0.4, -0.2) is 46.7 Å². The van der Waals surface area contributed by atoms with Gasteiger partial charge in [-0.2, -0.15) is 5.10 Å². The molecule has 11 nitrogen and oxygen atoms in total. The van der Waals surface area contributed by atoms with Crippen LogP contribution in [0.3, 0.4) is 0 Å². The molecule has 2 heterocycles. The first-order valence-corrected chi connectivity index (χ1v) is 8.53. The monoisotopic (exact) mass is 374 g/mol. The molecule has 0 fully saturated rings. The normalized spacial score (nSPS) is 10.7. The van der Waals surface area contributed by atoms with Crippen LogP contribution in [0.2, 0.25) is 0 Å². The van der Waals surface area contributed by atoms with E-state index in [9.17, 15) is 14.4 Å². The quantitative estimate of drug-likeness (QED) is 0.601. The fraction of sp³-hybridized carbons (Fsp3) is 0.214. The van der Waals surface area contributed by atoms with Gasteiger partial charge in [-0.3, -0.25) is 14.9 Å². The van der Waals surface area contributed by atoms with Crippen LogP contribution in [0.4, 0.5) is 5.95 Å². The Balaban J connectivity index is 2.12. The van der Waals surface area contributed by atoms with Crippen molar-refractivity contribution < 1.29 is 4.79 Å². The van der Waals surface area contributed by atoms with Gasteiger partial charge in [0.1, 0.15) is 0 Å². The van der Waals surface area contributed by atoms with Gasteiger partial charge in [-0.1, -0.05) is 11.2 Å². The van der Waals surface area contributed by atoms with Gasteiger partial charge in [0.2, 0.25) is 11.6 Å². The number of amides is 1. The van der Waals surface area contributed by atoms with Crippen LogP contribution in [0.1, 0.15) is 10.5 Å². The molecular formula is C14H14N8O3S. The minimum absolute atomic E-state index is 0.0426. The van der Waals surface area contributed by atoms with Gasteiger partial charge in [0, 0.05) is 19.0 Å². The molecular weight excluding hydrogens is 360 g/mol. The summed E-state index contributed by atoms with van der Waals surface area (Å²) in [4.78, 5) is 38.5. The Kier molecular flexibility index (Phi) is 4.67. The van der Waals surface area contributed by atoms with Gasteiger partial charge in [0.15, 0.2) is 0 Å². The van der Waals surface area contributed by atoms with Crippen molar-refractivity contribution in [3.63, 3.8) is 0 Å². The second-order valence-electron chi connectivity index (χ2n) is 5.18. The SMILES string of the molecule is CSc1cccc(-n2c(=O)c(C(=O)Nc3nnnn3C)nn(C)c2=O)c1. The molecule has 26 heavy (non-hydrogen) atoms. The maximum Gasteiger partial charge on any atom is 0.351 e. The zero-order chi connectivity index (χ0) is 18.8. The summed E-state index contributed by atoms with van der Waals surface area (Å²) in [6.07, 6.45) is 1.88. The molecule has 0 unspecified atom stereocenters. The molecule has 0 saturated carbocycles. The lowest BCUT2D eigenvalue weighted by molar-refractivity contribution is 0.101. The third-order valence-electron chi connectivity index (χ3n) is 3.50. The summed E-state index contributed by atoms with van der Waals surface area (Å²) in [5.74, 6) is -0.778. The Morgan fingerprint density at radius 2 is 1.96 bits per heavy atom. The largest absolute Gasteiger partial charge is 0.351 e. The average Bonchev–Trinajstić information content (AvgIpc) is 3.03. The molecule has 1 N–H and O–H groups in total. The predicted molar refractivity (Wildman–Crippen MR) is 93.6 cm³/mol. The minimum Gasteiger partial charge on any atom is -0.288 e. The molecule has 0 saturated heterocycles. The third kappa shape index (κ3) is 3.13. The molecule has 0 aliphatic heterocycles. The molecule has 0 bridgehead atoms. The molecule has 1 aromatic carbocycles. The number of rotatable bonds is 4. The molecule has 134 valence electrons. The first kappa shape index (κ1) is 17.5. The third-order valence-corrected chi connectivity index (χ3v) is 4.22. The highest BCUT2D eigenvalue weighted by molar-refractivity contribution is 7.98. The first-order chi connectivity index (χ1) is 12.4. The second kappa shape index (κ2) is 6.92. The van der Waals surface area contributed by atoms with Crippen molar-refractivity contribution in [1.82, 2.24) is 34.6 Å². The van der Waals surface area contributed by atoms with E-state index in [1.165, 1.54) is 30.5 Å². The van der Waals surface area contributed by atoms with Crippen molar-refractivity contribution in [2.45, 2.75) is 4.90 Å². The zero-order valence-electron chi connectivity index (χ0n) is 14.1. The molecule has 3 aromatic rings. The fourth-order valence-corrected chi connectivity index (χ4v) is 2.64. The smallest absolute Gasteiger partial charge is 0.288 e. The lowest BCUT2D eigenvalue weighted by Crippen LogP contribution is -2.43. The molecule has 0 aliphatic carbocycles. The van der Waals surface area contributed by atoms with Crippen molar-refractivity contribution in [3.05, 3.63) is 50.8 Å². The summed E-state index contributed by atoms with van der Waals surface area (Å²) in [5.41, 5.74) is -1.60. The zero-order valence-corrected chi connectivity index (χ0v) is 14.9. The van der Waals surface area contributed by atoms with Crippen LogP contribution < -0.4 is 16.6 Å². The fourth-order valence-electron chi connectivity index (χ4n) is 2.19. The number of carbonyl (C=O) groups excluding carboxylic acids is 1. The lowest BCUT2D eigenvalue weighted by atomic mass is 10.3. The number of carbonyl (C=O) groups is 1. The minimum atomic E-state index is -0.834. The number of nitrogens with zero attached hydrogens (tertiary/aromatic N) is 7. The van der Waals surface area contributed by atoms with Crippen LogP contribution >= 0.6 is 11.8 Å². The van der Waals surface area contributed by atoms with E-state index >= 15 is 0 Å². The van der Waals surface area contributed by atoms with Gasteiger partial charge >= 0.3 is 5.69 Å². The first-order valence-electron chi connectivity index (χ1n) is 7.31. The summed E-state index contributed by atoms with van der Waals surface area (Å²) in [5, 5.41) is 16.8. The van der Waals surface area contributed by atoms with Gasteiger partial charge < -0.3 is 0 Å². The molecule has 0 radical (unpaired) electrons. The molecule has 0 spiro atoms. The average molecular weight is 374 g/mol. The van der Waals surface area contributed by atoms with E-state index in [0.29, 0.717) is 5.69 Å². The van der Waals surface area contributed by atoms with Gasteiger partial charge in [0.05, 0.1) is 5.69 Å². The summed E-state index contributed by atoms with van der Waals surface area (Å²) < 4.78 is 3.05. The number of tetrazole rings is 1. The summed E-state index contributed by atoms with van der Waals surface area (Å²) in [6, 6.07) is 6.86. The molecule has 2 aromatic heterocycles. The van der Waals surface area contributed by atoms with Crippen molar-refractivity contribution in [2.75, 3.05) is 11.6 Å². The lowest BCUT2D eigenvalue weighted by Gasteiger charge is -2.10. The second-order valence-corrected chi connectivity index (χ2v) is 6.06. The van der Waals surface area contributed by atoms with Crippen molar-refractivity contribution in [1.29, 1.82) is 0 Å². The number of nitrogens with one attached hydrogen (secondary N) is 1. The molecule has 3 rings (SSSR count). The summed E-state index contributed by atoms with van der Waals surface area (Å²) in [7, 11) is 2.88. The van der Waals surface area contributed by atoms with E-state index in [-0.39, 0.29) is 5.95 Å². The van der Waals surface area contributed by atoms with E-state index in [0.717, 1.165) is 14.1 Å². The number of benzene rings is 1. The molecule has 12 heteroatoms. The van der Waals surface area contributed by atoms with E-state index in [4.69, 9.17) is 0 Å². The van der Waals surface area contributed by atoms with Crippen LogP contribution in [0.15, 0.2) is 38.8 Å². The van der Waals surface area contributed by atoms with Crippen LogP contribution in [0, 0.1) is 0 Å². The van der Waals surface area contributed by atoms with Gasteiger partial charge in [-0.05, 0) is 34.9 Å². The topological polar surface area (TPSA) is 130 Å². The van der Waals surface area contributed by atoms with Crippen LogP contribution in [0.25, 0.3) is 5.69 Å². The standard InChI is InChI=1S/C14H14N8O3S/c1-20-13(16-18-19-20)15-11(23)10-12(24)22(14(25)21(2)17-10)8-5-4-6-9(7-8)26-3/h4-7H,1-3H3,(H,15,16,19,23). The summed E-state index contributed by atoms with van der Waals surface area (Å²) >= 11 is 1.46. The highest BCUT2D eigenvalue weighted by atomic mass is 32.2. The number of anilines is 1. The van der Waals surface area contributed by atoms with Gasteiger partial charge in [0.25, 0.3) is 11.5 Å². The molecule has 1 amide bonds. The van der Waals surface area contributed by atoms with Crippen molar-refractivity contribution in [2.24, 2.45) is 14.1 Å². The Hall–Kier alpha value is -3.28. The number of thioether (sulfide) groups is 1. The number of aromatic nitrogens is 7. The number of hydrogen-bond donors (Lipinski definition) is 1. The van der Waals surface area contributed by atoms with Crippen LogP contribution in [-0.2, 0) is 14.1 Å². The van der Waals surface area contributed by atoms with E-state index in [2.05, 4.69) is 25.9 Å². The predicted octanol–water partition coefficient (Wildman–Crippen LogP) is -0.571. The van der Waals surface area contributed by atoms with Crippen LogP contribution in [0.5, 0.6) is 0 Å². The van der Waals surface area contributed by atoms with E-state index < -0.39 is 22.9 Å². The van der Waals surface area contributed by atoms with Crippen molar-refractivity contribution >= 4 is 23.6 Å². The Bertz CT molecular complexity index is 1100. The Labute approximate surface area is 150 Å². The van der Waals surface area contributed by atoms with Crippen molar-refractivity contribution in [3.8, 4) is 5.69 Å². The number of aryl methyl sites for hydroxylation is 2.